The van der Waals surface area contributed by atoms with Crippen molar-refractivity contribution in [2.45, 2.75) is 63.2 Å². The highest BCUT2D eigenvalue weighted by Crippen LogP contribution is 2.25. The van der Waals surface area contributed by atoms with Crippen LogP contribution in [-0.2, 0) is 16.1 Å². The second-order valence-corrected chi connectivity index (χ2v) is 9.34. The minimum absolute atomic E-state index is 0.0260. The lowest BCUT2D eigenvalue weighted by Crippen LogP contribution is -2.40. The van der Waals surface area contributed by atoms with Gasteiger partial charge in [-0.05, 0) is 43.7 Å². The Bertz CT molecular complexity index is 875. The number of carbonyl (C=O) groups is 2. The molecule has 0 bridgehead atoms. The molecule has 29 heavy (non-hydrogen) atoms. The maximum Gasteiger partial charge on any atom is 0.240 e. The van der Waals surface area contributed by atoms with Gasteiger partial charge in [0.2, 0.25) is 11.8 Å². The van der Waals surface area contributed by atoms with Gasteiger partial charge in [0.1, 0.15) is 6.54 Å². The van der Waals surface area contributed by atoms with Crippen LogP contribution in [0.25, 0.3) is 11.0 Å². The first-order valence-corrected chi connectivity index (χ1v) is 11.7. The van der Waals surface area contributed by atoms with Crippen LogP contribution in [0.2, 0.25) is 0 Å². The highest BCUT2D eigenvalue weighted by Gasteiger charge is 2.23. The molecule has 2 heterocycles. The highest BCUT2D eigenvalue weighted by molar-refractivity contribution is 7.99. The molecule has 0 radical (unpaired) electrons. The first kappa shape index (κ1) is 20.3. The Labute approximate surface area is 176 Å². The van der Waals surface area contributed by atoms with Crippen LogP contribution in [0.1, 0.15) is 45.4 Å². The fraction of sp³-hybridized carbons (Fsp3) is 0.591. The van der Waals surface area contributed by atoms with E-state index < -0.39 is 0 Å². The third kappa shape index (κ3) is 4.94. The molecule has 1 aromatic carbocycles. The number of aromatic nitrogens is 2. The molecule has 1 aliphatic heterocycles. The molecule has 1 atom stereocenters. The van der Waals surface area contributed by atoms with Crippen molar-refractivity contribution in [3.05, 3.63) is 24.3 Å². The number of fused-ring (bicyclic) bond motifs is 1. The number of likely N-dealkylation sites (tertiary alicyclic amines) is 1. The molecule has 1 saturated heterocycles. The molecular formula is C22H30N4O2S. The van der Waals surface area contributed by atoms with Gasteiger partial charge in [-0.1, -0.05) is 43.7 Å². The summed E-state index contributed by atoms with van der Waals surface area (Å²) in [5.41, 5.74) is 1.80. The quantitative estimate of drug-likeness (QED) is 0.735. The lowest BCUT2D eigenvalue weighted by Gasteiger charge is -2.30. The van der Waals surface area contributed by atoms with Gasteiger partial charge in [-0.3, -0.25) is 9.59 Å². The zero-order chi connectivity index (χ0) is 20.2. The summed E-state index contributed by atoms with van der Waals surface area (Å²) in [6.07, 6.45) is 6.80. The number of nitrogens with one attached hydrogen (secondary N) is 1. The molecular weight excluding hydrogens is 384 g/mol. The molecule has 2 fully saturated rings. The van der Waals surface area contributed by atoms with Crippen LogP contribution in [0.15, 0.2) is 29.4 Å². The van der Waals surface area contributed by atoms with Gasteiger partial charge >= 0.3 is 0 Å². The average Bonchev–Trinajstić information content (AvgIpc) is 3.34. The smallest absolute Gasteiger partial charge is 0.240 e. The maximum absolute atomic E-state index is 12.7. The number of piperidine rings is 1. The number of hydrogen-bond acceptors (Lipinski definition) is 4. The van der Waals surface area contributed by atoms with E-state index >= 15 is 0 Å². The zero-order valence-electron chi connectivity index (χ0n) is 17.1. The second kappa shape index (κ2) is 9.20. The molecule has 2 aromatic rings. The second-order valence-electron chi connectivity index (χ2n) is 8.39. The lowest BCUT2D eigenvalue weighted by atomic mass is 10.0. The Morgan fingerprint density at radius 2 is 1.97 bits per heavy atom. The van der Waals surface area contributed by atoms with Crippen LogP contribution < -0.4 is 5.32 Å². The van der Waals surface area contributed by atoms with Crippen LogP contribution in [0.5, 0.6) is 0 Å². The van der Waals surface area contributed by atoms with Crippen molar-refractivity contribution in [3.63, 3.8) is 0 Å². The summed E-state index contributed by atoms with van der Waals surface area (Å²) < 4.78 is 1.95. The standard InChI is InChI=1S/C22H30N4O2S/c1-16-7-6-12-25(13-16)21(28)15-29-22-24-18-10-4-5-11-19(18)26(22)14-20(27)23-17-8-2-3-9-17/h4-5,10-11,16-17H,2-3,6-9,12-15H2,1H3,(H,23,27). The van der Waals surface area contributed by atoms with Gasteiger partial charge in [-0.2, -0.15) is 0 Å². The van der Waals surface area contributed by atoms with E-state index in [2.05, 4.69) is 12.2 Å². The monoisotopic (exact) mass is 414 g/mol. The Balaban J connectivity index is 1.45. The van der Waals surface area contributed by atoms with Gasteiger partial charge in [0, 0.05) is 19.1 Å². The van der Waals surface area contributed by atoms with Gasteiger partial charge in [-0.25, -0.2) is 4.98 Å². The van der Waals surface area contributed by atoms with E-state index in [0.29, 0.717) is 17.7 Å². The molecule has 156 valence electrons. The summed E-state index contributed by atoms with van der Waals surface area (Å²) in [6.45, 7) is 4.15. The SMILES string of the molecule is CC1CCCN(C(=O)CSc2nc3ccccc3n2CC(=O)NC2CCCC2)C1. The maximum atomic E-state index is 12.7. The zero-order valence-corrected chi connectivity index (χ0v) is 17.9. The first-order valence-electron chi connectivity index (χ1n) is 10.8. The fourth-order valence-corrected chi connectivity index (χ4v) is 5.35. The van der Waals surface area contributed by atoms with Gasteiger partial charge in [0.25, 0.3) is 0 Å². The average molecular weight is 415 g/mol. The number of hydrogen-bond donors (Lipinski definition) is 1. The summed E-state index contributed by atoms with van der Waals surface area (Å²) in [5.74, 6) is 1.12. The van der Waals surface area contributed by atoms with Crippen molar-refractivity contribution >= 4 is 34.6 Å². The molecule has 4 rings (SSSR count). The van der Waals surface area contributed by atoms with E-state index in [1.165, 1.54) is 31.0 Å². The molecule has 0 spiro atoms. The van der Waals surface area contributed by atoms with Crippen molar-refractivity contribution < 1.29 is 9.59 Å². The number of nitrogens with zero attached hydrogens (tertiary/aromatic N) is 3. The predicted octanol–water partition coefficient (Wildman–Crippen LogP) is 3.45. The van der Waals surface area contributed by atoms with E-state index in [1.807, 2.05) is 33.7 Å². The minimum atomic E-state index is 0.0260. The van der Waals surface area contributed by atoms with Crippen molar-refractivity contribution in [1.82, 2.24) is 19.8 Å². The van der Waals surface area contributed by atoms with Crippen LogP contribution in [-0.4, -0.2) is 51.1 Å². The van der Waals surface area contributed by atoms with E-state index in [-0.39, 0.29) is 18.4 Å². The van der Waals surface area contributed by atoms with Crippen molar-refractivity contribution in [1.29, 1.82) is 0 Å². The summed E-state index contributed by atoms with van der Waals surface area (Å²) in [5, 5.41) is 3.90. The van der Waals surface area contributed by atoms with Gasteiger partial charge in [0.15, 0.2) is 5.16 Å². The molecule has 7 heteroatoms. The molecule has 6 nitrogen and oxygen atoms in total. The summed E-state index contributed by atoms with van der Waals surface area (Å²) in [7, 11) is 0. The number of imidazole rings is 1. The molecule has 1 aliphatic carbocycles. The van der Waals surface area contributed by atoms with Crippen molar-refractivity contribution in [2.24, 2.45) is 5.92 Å². The van der Waals surface area contributed by atoms with Crippen molar-refractivity contribution in [2.75, 3.05) is 18.8 Å². The lowest BCUT2D eigenvalue weighted by molar-refractivity contribution is -0.130. The number of carbonyl (C=O) groups excluding carboxylic acids is 2. The van der Waals surface area contributed by atoms with Crippen LogP contribution >= 0.6 is 11.8 Å². The number of rotatable bonds is 6. The highest BCUT2D eigenvalue weighted by atomic mass is 32.2. The van der Waals surface area contributed by atoms with Crippen molar-refractivity contribution in [3.8, 4) is 0 Å². The Kier molecular flexibility index (Phi) is 6.43. The van der Waals surface area contributed by atoms with E-state index in [9.17, 15) is 9.59 Å². The molecule has 2 aliphatic rings. The van der Waals surface area contributed by atoms with Crippen LogP contribution in [0.3, 0.4) is 0 Å². The van der Waals surface area contributed by atoms with E-state index in [0.717, 1.165) is 48.5 Å². The summed E-state index contributed by atoms with van der Waals surface area (Å²) in [6, 6.07) is 8.16. The Hall–Kier alpha value is -2.02. The normalized spacial score (nSPS) is 20.3. The molecule has 1 aromatic heterocycles. The summed E-state index contributed by atoms with van der Waals surface area (Å²) >= 11 is 1.44. The van der Waals surface area contributed by atoms with E-state index in [4.69, 9.17) is 4.98 Å². The molecule has 2 amide bonds. The summed E-state index contributed by atoms with van der Waals surface area (Å²) in [4.78, 5) is 32.0. The predicted molar refractivity (Wildman–Crippen MR) is 116 cm³/mol. The minimum Gasteiger partial charge on any atom is -0.352 e. The van der Waals surface area contributed by atoms with Gasteiger partial charge in [0.05, 0.1) is 16.8 Å². The molecule has 1 saturated carbocycles. The van der Waals surface area contributed by atoms with E-state index in [1.54, 1.807) is 0 Å². The number of amides is 2. The largest absolute Gasteiger partial charge is 0.352 e. The third-order valence-corrected chi connectivity index (χ3v) is 6.94. The van der Waals surface area contributed by atoms with Gasteiger partial charge < -0.3 is 14.8 Å². The Morgan fingerprint density at radius 3 is 2.76 bits per heavy atom. The van der Waals surface area contributed by atoms with Gasteiger partial charge in [-0.15, -0.1) is 0 Å². The number of thioether (sulfide) groups is 1. The molecule has 1 N–H and O–H groups in total. The third-order valence-electron chi connectivity index (χ3n) is 5.98. The Morgan fingerprint density at radius 1 is 1.17 bits per heavy atom. The number of benzene rings is 1. The first-order chi connectivity index (χ1) is 14.1. The topological polar surface area (TPSA) is 67.2 Å². The van der Waals surface area contributed by atoms with Crippen LogP contribution in [0, 0.1) is 5.92 Å². The molecule has 1 unspecified atom stereocenters. The number of para-hydroxylation sites is 2. The fourth-order valence-electron chi connectivity index (χ4n) is 4.44. The van der Waals surface area contributed by atoms with Crippen LogP contribution in [0.4, 0.5) is 0 Å².